The molecule has 0 unspecified atom stereocenters. The van der Waals surface area contributed by atoms with Crippen molar-refractivity contribution in [3.05, 3.63) is 29.3 Å². The van der Waals surface area contributed by atoms with Crippen molar-refractivity contribution in [3.63, 3.8) is 0 Å². The lowest BCUT2D eigenvalue weighted by Crippen LogP contribution is -2.26. The van der Waals surface area contributed by atoms with Crippen molar-refractivity contribution in [2.75, 3.05) is 24.5 Å². The Balaban J connectivity index is 2.93. The smallest absolute Gasteiger partial charge is 0.149 e. The van der Waals surface area contributed by atoms with E-state index < -0.39 is 11.6 Å². The minimum atomic E-state index is -0.467. The summed E-state index contributed by atoms with van der Waals surface area (Å²) in [6, 6.07) is 2.85. The lowest BCUT2D eigenvalue weighted by Gasteiger charge is -2.24. The quantitative estimate of drug-likeness (QED) is 0.775. The Morgan fingerprint density at radius 1 is 1.11 bits per heavy atom. The first kappa shape index (κ1) is 15.9. The minimum Gasteiger partial charge on any atom is -0.367 e. The van der Waals surface area contributed by atoms with Gasteiger partial charge in [0, 0.05) is 19.6 Å². The van der Waals surface area contributed by atoms with Gasteiger partial charge in [-0.3, -0.25) is 0 Å². The van der Waals surface area contributed by atoms with E-state index in [0.717, 1.165) is 19.4 Å². The van der Waals surface area contributed by atoms with Crippen LogP contribution in [0.1, 0.15) is 39.2 Å². The molecule has 1 rings (SSSR count). The number of anilines is 1. The maximum absolute atomic E-state index is 14.1. The van der Waals surface area contributed by atoms with E-state index in [1.807, 2.05) is 13.8 Å². The van der Waals surface area contributed by atoms with E-state index >= 15 is 0 Å². The molecule has 1 aromatic rings. The summed E-state index contributed by atoms with van der Waals surface area (Å²) in [4.78, 5) is 1.77. The Labute approximate surface area is 114 Å². The van der Waals surface area contributed by atoms with Crippen molar-refractivity contribution >= 4 is 5.69 Å². The van der Waals surface area contributed by atoms with Gasteiger partial charge in [-0.15, -0.1) is 0 Å². The fraction of sp³-hybridized carbons (Fsp3) is 0.600. The zero-order valence-electron chi connectivity index (χ0n) is 12.1. The van der Waals surface area contributed by atoms with E-state index in [4.69, 9.17) is 0 Å². The summed E-state index contributed by atoms with van der Waals surface area (Å²) < 4.78 is 28.2. The van der Waals surface area contributed by atoms with Gasteiger partial charge in [0.25, 0.3) is 0 Å². The summed E-state index contributed by atoms with van der Waals surface area (Å²) in [5.41, 5.74) is 0.753. The number of halogens is 2. The van der Waals surface area contributed by atoms with Crippen LogP contribution in [0.25, 0.3) is 0 Å². The van der Waals surface area contributed by atoms with Gasteiger partial charge in [-0.2, -0.15) is 0 Å². The van der Waals surface area contributed by atoms with Gasteiger partial charge in [0.05, 0.1) is 0 Å². The van der Waals surface area contributed by atoms with Crippen molar-refractivity contribution in [2.24, 2.45) is 0 Å². The predicted molar refractivity (Wildman–Crippen MR) is 76.5 cm³/mol. The van der Waals surface area contributed by atoms with Gasteiger partial charge >= 0.3 is 0 Å². The van der Waals surface area contributed by atoms with Crippen LogP contribution in [-0.4, -0.2) is 19.6 Å². The molecule has 0 fully saturated rings. The number of unbranched alkanes of at least 4 members (excludes halogenated alkanes) is 1. The standard InChI is InChI=1S/C15H24F2N2/c1-4-7-8-19(6-3)15-13(16)9-12(10-14(15)17)11-18-5-2/h9-10,18H,4-8,11H2,1-3H3. The van der Waals surface area contributed by atoms with Crippen molar-refractivity contribution in [2.45, 2.75) is 40.2 Å². The average Bonchev–Trinajstić information content (AvgIpc) is 2.39. The van der Waals surface area contributed by atoms with Gasteiger partial charge in [0.2, 0.25) is 0 Å². The van der Waals surface area contributed by atoms with Crippen LogP contribution < -0.4 is 10.2 Å². The molecule has 0 saturated heterocycles. The Morgan fingerprint density at radius 2 is 1.74 bits per heavy atom. The molecule has 4 heteroatoms. The number of rotatable bonds is 8. The third kappa shape index (κ3) is 4.46. The summed E-state index contributed by atoms with van der Waals surface area (Å²) in [5.74, 6) is -0.934. The van der Waals surface area contributed by atoms with Crippen LogP contribution >= 0.6 is 0 Å². The maximum atomic E-state index is 14.1. The molecule has 0 aromatic heterocycles. The zero-order valence-corrected chi connectivity index (χ0v) is 12.1. The van der Waals surface area contributed by atoms with Gasteiger partial charge < -0.3 is 10.2 Å². The van der Waals surface area contributed by atoms with Crippen LogP contribution in [0.15, 0.2) is 12.1 Å². The number of nitrogens with one attached hydrogen (secondary N) is 1. The molecule has 1 N–H and O–H groups in total. The molecule has 0 radical (unpaired) electrons. The third-order valence-electron chi connectivity index (χ3n) is 3.14. The van der Waals surface area contributed by atoms with Crippen molar-refractivity contribution in [3.8, 4) is 0 Å². The molecule has 19 heavy (non-hydrogen) atoms. The lowest BCUT2D eigenvalue weighted by molar-refractivity contribution is 0.562. The van der Waals surface area contributed by atoms with Crippen LogP contribution in [0.5, 0.6) is 0 Å². The molecule has 2 nitrogen and oxygen atoms in total. The van der Waals surface area contributed by atoms with Crippen molar-refractivity contribution in [1.29, 1.82) is 0 Å². The van der Waals surface area contributed by atoms with Crippen LogP contribution in [0.3, 0.4) is 0 Å². The molecule has 0 saturated carbocycles. The fourth-order valence-electron chi connectivity index (χ4n) is 2.07. The SMILES string of the molecule is CCCCN(CC)c1c(F)cc(CNCC)cc1F. The molecular formula is C15H24F2N2. The first-order chi connectivity index (χ1) is 9.13. The number of benzene rings is 1. The van der Waals surface area contributed by atoms with E-state index in [0.29, 0.717) is 25.2 Å². The molecular weight excluding hydrogens is 246 g/mol. The molecule has 0 aliphatic carbocycles. The molecule has 108 valence electrons. The maximum Gasteiger partial charge on any atom is 0.149 e. The van der Waals surface area contributed by atoms with Crippen LogP contribution in [0, 0.1) is 11.6 Å². The highest BCUT2D eigenvalue weighted by molar-refractivity contribution is 5.50. The molecule has 0 aliphatic heterocycles. The van der Waals surface area contributed by atoms with E-state index in [1.54, 1.807) is 4.90 Å². The Bertz CT molecular complexity index is 371. The highest BCUT2D eigenvalue weighted by Gasteiger charge is 2.16. The second-order valence-corrected chi connectivity index (χ2v) is 4.62. The van der Waals surface area contributed by atoms with E-state index in [1.165, 1.54) is 12.1 Å². The van der Waals surface area contributed by atoms with Gasteiger partial charge in [-0.25, -0.2) is 8.78 Å². The molecule has 0 heterocycles. The Morgan fingerprint density at radius 3 is 2.21 bits per heavy atom. The van der Waals surface area contributed by atoms with E-state index in [-0.39, 0.29) is 5.69 Å². The Kier molecular flexibility index (Phi) is 6.78. The van der Waals surface area contributed by atoms with E-state index in [9.17, 15) is 8.78 Å². The second kappa shape index (κ2) is 8.10. The van der Waals surface area contributed by atoms with Gasteiger partial charge in [0.1, 0.15) is 17.3 Å². The molecule has 0 aliphatic rings. The topological polar surface area (TPSA) is 15.3 Å². The average molecular weight is 270 g/mol. The van der Waals surface area contributed by atoms with Crippen molar-refractivity contribution in [1.82, 2.24) is 5.32 Å². The molecule has 1 aromatic carbocycles. The molecule has 0 bridgehead atoms. The number of nitrogens with zero attached hydrogens (tertiary/aromatic N) is 1. The van der Waals surface area contributed by atoms with Crippen molar-refractivity contribution < 1.29 is 8.78 Å². The van der Waals surface area contributed by atoms with Gasteiger partial charge in [0.15, 0.2) is 0 Å². The number of hydrogen-bond donors (Lipinski definition) is 1. The summed E-state index contributed by atoms with van der Waals surface area (Å²) in [6.45, 7) is 8.52. The minimum absolute atomic E-state index is 0.108. The van der Waals surface area contributed by atoms with E-state index in [2.05, 4.69) is 12.2 Å². The van der Waals surface area contributed by atoms with Crippen LogP contribution in [-0.2, 0) is 6.54 Å². The second-order valence-electron chi connectivity index (χ2n) is 4.62. The monoisotopic (exact) mass is 270 g/mol. The normalized spacial score (nSPS) is 10.8. The first-order valence-electron chi connectivity index (χ1n) is 7.07. The highest BCUT2D eigenvalue weighted by Crippen LogP contribution is 2.25. The largest absolute Gasteiger partial charge is 0.367 e. The fourth-order valence-corrected chi connectivity index (χ4v) is 2.07. The highest BCUT2D eigenvalue weighted by atomic mass is 19.1. The predicted octanol–water partition coefficient (Wildman–Crippen LogP) is 3.70. The van der Waals surface area contributed by atoms with Crippen LogP contribution in [0.4, 0.5) is 14.5 Å². The molecule has 0 amide bonds. The van der Waals surface area contributed by atoms with Gasteiger partial charge in [-0.1, -0.05) is 20.3 Å². The Hall–Kier alpha value is -1.16. The summed E-state index contributed by atoms with van der Waals surface area (Å²) in [6.07, 6.45) is 1.95. The summed E-state index contributed by atoms with van der Waals surface area (Å²) in [5, 5.41) is 3.07. The number of hydrogen-bond acceptors (Lipinski definition) is 2. The molecule has 0 atom stereocenters. The third-order valence-corrected chi connectivity index (χ3v) is 3.14. The first-order valence-corrected chi connectivity index (χ1v) is 7.07. The lowest BCUT2D eigenvalue weighted by atomic mass is 10.1. The zero-order chi connectivity index (χ0) is 14.3. The van der Waals surface area contributed by atoms with Gasteiger partial charge in [-0.05, 0) is 37.6 Å². The van der Waals surface area contributed by atoms with Crippen LogP contribution in [0.2, 0.25) is 0 Å². The summed E-state index contributed by atoms with van der Waals surface area (Å²) >= 11 is 0. The molecule has 0 spiro atoms. The summed E-state index contributed by atoms with van der Waals surface area (Å²) in [7, 11) is 0.